The largest absolute Gasteiger partial charge is 0.382 e. The van der Waals surface area contributed by atoms with Gasteiger partial charge in [-0.1, -0.05) is 0 Å². The number of ether oxygens (including phenoxy) is 1. The number of carbonyl (C=O) groups is 1. The van der Waals surface area contributed by atoms with Gasteiger partial charge in [-0.3, -0.25) is 15.1 Å². The number of piperidine rings is 1. The molecule has 13 heteroatoms. The zero-order valence-electron chi connectivity index (χ0n) is 20.0. The number of carbonyl (C=O) groups excluding carboxylic acids is 1. The van der Waals surface area contributed by atoms with Crippen LogP contribution >= 0.6 is 0 Å². The van der Waals surface area contributed by atoms with Crippen LogP contribution in [0.2, 0.25) is 0 Å². The number of unbranched alkanes of at least 4 members (excludes halogenated alkanes) is 1. The van der Waals surface area contributed by atoms with Crippen molar-refractivity contribution in [2.24, 2.45) is 10.7 Å². The zero-order chi connectivity index (χ0) is 24.4. The molecule has 1 aromatic rings. The SMILES string of the molecule is CNc1nc(N)c(C(=O)NC(N)=NCCCCN2CCC(OCS(=O)N(C)C)CC2)nc1C. The molecule has 1 aliphatic heterocycles. The van der Waals surface area contributed by atoms with Gasteiger partial charge in [0.2, 0.25) is 0 Å². The molecule has 6 N–H and O–H groups in total. The van der Waals surface area contributed by atoms with Crippen LogP contribution in [0.4, 0.5) is 11.6 Å². The van der Waals surface area contributed by atoms with Crippen LogP contribution in [0.25, 0.3) is 0 Å². The molecule has 0 aromatic carbocycles. The van der Waals surface area contributed by atoms with Crippen molar-refractivity contribution in [2.75, 3.05) is 64.3 Å². The molecular formula is C20H37N9O3S. The molecule has 1 amide bonds. The van der Waals surface area contributed by atoms with E-state index in [1.807, 2.05) is 0 Å². The average molecular weight is 484 g/mol. The molecule has 0 aliphatic carbocycles. The van der Waals surface area contributed by atoms with Gasteiger partial charge in [0.15, 0.2) is 17.5 Å². The van der Waals surface area contributed by atoms with E-state index >= 15 is 0 Å². The fourth-order valence-corrected chi connectivity index (χ4v) is 3.88. The summed E-state index contributed by atoms with van der Waals surface area (Å²) in [7, 11) is 4.18. The van der Waals surface area contributed by atoms with E-state index in [0.29, 0.717) is 18.1 Å². The highest BCUT2D eigenvalue weighted by atomic mass is 32.2. The van der Waals surface area contributed by atoms with Crippen LogP contribution < -0.4 is 22.1 Å². The Kier molecular flexibility index (Phi) is 10.9. The summed E-state index contributed by atoms with van der Waals surface area (Å²) < 4.78 is 19.1. The Morgan fingerprint density at radius 3 is 2.64 bits per heavy atom. The third kappa shape index (κ3) is 8.84. The van der Waals surface area contributed by atoms with Crippen molar-refractivity contribution in [3.63, 3.8) is 0 Å². The highest BCUT2D eigenvalue weighted by Crippen LogP contribution is 2.15. The first-order chi connectivity index (χ1) is 15.7. The number of aliphatic imine (C=N–C) groups is 1. The summed E-state index contributed by atoms with van der Waals surface area (Å²) in [5.41, 5.74) is 12.2. The molecule has 1 aromatic heterocycles. The average Bonchev–Trinajstić information content (AvgIpc) is 2.78. The van der Waals surface area contributed by atoms with Crippen LogP contribution in [0, 0.1) is 6.92 Å². The molecule has 12 nitrogen and oxygen atoms in total. The summed E-state index contributed by atoms with van der Waals surface area (Å²) >= 11 is 0. The number of hydrogen-bond donors (Lipinski definition) is 4. The maximum absolute atomic E-state index is 12.4. The second-order valence-corrected chi connectivity index (χ2v) is 9.64. The van der Waals surface area contributed by atoms with Gasteiger partial charge < -0.3 is 26.4 Å². The molecule has 1 atom stereocenters. The molecule has 0 saturated carbocycles. The maximum atomic E-state index is 12.4. The number of guanidine groups is 1. The van der Waals surface area contributed by atoms with Crippen molar-refractivity contribution in [1.29, 1.82) is 0 Å². The van der Waals surface area contributed by atoms with Crippen LogP contribution in [-0.2, 0) is 15.7 Å². The van der Waals surface area contributed by atoms with Gasteiger partial charge in [0.05, 0.1) is 11.8 Å². The summed E-state index contributed by atoms with van der Waals surface area (Å²) in [6, 6.07) is 0. The van der Waals surface area contributed by atoms with Gasteiger partial charge in [0, 0.05) is 26.7 Å². The predicted molar refractivity (Wildman–Crippen MR) is 131 cm³/mol. The number of aryl methyl sites for hydroxylation is 1. The quantitative estimate of drug-likeness (QED) is 0.191. The number of aromatic nitrogens is 2. The van der Waals surface area contributed by atoms with Crippen molar-refractivity contribution < 1.29 is 13.7 Å². The highest BCUT2D eigenvalue weighted by Gasteiger charge is 2.20. The Bertz CT molecular complexity index is 842. The molecule has 0 bridgehead atoms. The number of nitrogens with one attached hydrogen (secondary N) is 2. The molecular weight excluding hydrogens is 446 g/mol. The molecule has 1 unspecified atom stereocenters. The summed E-state index contributed by atoms with van der Waals surface area (Å²) in [6.45, 7) is 5.15. The van der Waals surface area contributed by atoms with E-state index < -0.39 is 16.9 Å². The lowest BCUT2D eigenvalue weighted by molar-refractivity contribution is 0.0304. The summed E-state index contributed by atoms with van der Waals surface area (Å²) in [6.07, 6.45) is 3.90. The van der Waals surface area contributed by atoms with Gasteiger partial charge in [-0.25, -0.2) is 18.5 Å². The Morgan fingerprint density at radius 1 is 1.30 bits per heavy atom. The summed E-state index contributed by atoms with van der Waals surface area (Å²) in [5, 5.41) is 5.38. The number of nitrogens with two attached hydrogens (primary N) is 2. The molecule has 0 spiro atoms. The van der Waals surface area contributed by atoms with E-state index in [-0.39, 0.29) is 29.5 Å². The minimum atomic E-state index is -1.08. The minimum absolute atomic E-state index is 0.0185. The molecule has 33 heavy (non-hydrogen) atoms. The van der Waals surface area contributed by atoms with Crippen molar-refractivity contribution in [3.05, 3.63) is 11.4 Å². The molecule has 2 rings (SSSR count). The Labute approximate surface area is 198 Å². The number of nitrogens with zero attached hydrogens (tertiary/aromatic N) is 5. The van der Waals surface area contributed by atoms with Gasteiger partial charge in [-0.2, -0.15) is 0 Å². The number of hydrogen-bond acceptors (Lipinski definition) is 9. The molecule has 2 heterocycles. The van der Waals surface area contributed by atoms with Crippen LogP contribution in [0.3, 0.4) is 0 Å². The van der Waals surface area contributed by atoms with Crippen molar-refractivity contribution >= 4 is 34.5 Å². The first-order valence-corrected chi connectivity index (χ1v) is 12.3. The van der Waals surface area contributed by atoms with E-state index in [2.05, 4.69) is 30.5 Å². The second kappa shape index (κ2) is 13.4. The summed E-state index contributed by atoms with van der Waals surface area (Å²) in [4.78, 5) is 27.3. The number of rotatable bonds is 11. The highest BCUT2D eigenvalue weighted by molar-refractivity contribution is 7.82. The number of likely N-dealkylation sites (tertiary alicyclic amines) is 1. The Balaban J connectivity index is 1.64. The van der Waals surface area contributed by atoms with Crippen LogP contribution in [-0.4, -0.2) is 94.6 Å². The number of amides is 1. The lowest BCUT2D eigenvalue weighted by Crippen LogP contribution is -2.38. The molecule has 0 radical (unpaired) electrons. The molecule has 1 saturated heterocycles. The van der Waals surface area contributed by atoms with Gasteiger partial charge in [0.25, 0.3) is 5.91 Å². The number of nitrogen functional groups attached to an aromatic ring is 1. The van der Waals surface area contributed by atoms with Crippen LogP contribution in [0.1, 0.15) is 41.9 Å². The first kappa shape index (κ1) is 26.9. The molecule has 1 aliphatic rings. The van der Waals surface area contributed by atoms with E-state index in [4.69, 9.17) is 16.2 Å². The predicted octanol–water partition coefficient (Wildman–Crippen LogP) is -0.103. The smallest absolute Gasteiger partial charge is 0.280 e. The van der Waals surface area contributed by atoms with Crippen molar-refractivity contribution in [2.45, 2.75) is 38.7 Å². The van der Waals surface area contributed by atoms with Crippen LogP contribution in [0.5, 0.6) is 0 Å². The van der Waals surface area contributed by atoms with Crippen molar-refractivity contribution in [1.82, 2.24) is 24.5 Å². The monoisotopic (exact) mass is 483 g/mol. The van der Waals surface area contributed by atoms with E-state index in [9.17, 15) is 9.00 Å². The minimum Gasteiger partial charge on any atom is -0.382 e. The summed E-state index contributed by atoms with van der Waals surface area (Å²) in [5.74, 6) is 0.294. The van der Waals surface area contributed by atoms with E-state index in [1.165, 1.54) is 0 Å². The number of anilines is 2. The van der Waals surface area contributed by atoms with Gasteiger partial charge in [-0.15, -0.1) is 0 Å². The molecule has 186 valence electrons. The lowest BCUT2D eigenvalue weighted by atomic mass is 10.1. The van der Waals surface area contributed by atoms with Crippen LogP contribution in [0.15, 0.2) is 4.99 Å². The zero-order valence-corrected chi connectivity index (χ0v) is 20.8. The standard InChI is InChI=1S/C20H37N9O3S/c1-14-18(23-2)26-17(21)16(25-14)19(30)27-20(22)24-9-5-6-10-29-11-7-15(8-12-29)32-13-33(31)28(3)4/h15H,5-13H2,1-4H3,(H3,21,23,26)(H3,22,24,27,30). The maximum Gasteiger partial charge on any atom is 0.280 e. The molecule has 1 fully saturated rings. The van der Waals surface area contributed by atoms with Gasteiger partial charge in [0.1, 0.15) is 22.7 Å². The Hall–Kier alpha value is -2.35. The van der Waals surface area contributed by atoms with Gasteiger partial charge >= 0.3 is 0 Å². The van der Waals surface area contributed by atoms with E-state index in [1.54, 1.807) is 32.4 Å². The third-order valence-corrected chi connectivity index (χ3v) is 6.45. The first-order valence-electron chi connectivity index (χ1n) is 11.0. The Morgan fingerprint density at radius 2 is 2.00 bits per heavy atom. The normalized spacial score (nSPS) is 16.7. The van der Waals surface area contributed by atoms with Crippen molar-refractivity contribution in [3.8, 4) is 0 Å². The fourth-order valence-electron chi connectivity index (χ4n) is 3.36. The second-order valence-electron chi connectivity index (χ2n) is 8.03. The lowest BCUT2D eigenvalue weighted by Gasteiger charge is -2.31. The van der Waals surface area contributed by atoms with E-state index in [0.717, 1.165) is 45.3 Å². The fraction of sp³-hybridized carbons (Fsp3) is 0.700. The third-order valence-electron chi connectivity index (χ3n) is 5.30. The van der Waals surface area contributed by atoms with Gasteiger partial charge in [-0.05, 0) is 53.2 Å². The topological polar surface area (TPSA) is 164 Å².